The standard InChI is InChI=1S/C10H17NO2.C6H15O4P/c1-4-10(5-2)8(12)7(3)6-11-9(10)13;1-3-5-6-10-11(7,8)9-4-2/h7H,4-6H2,1-3H3,(H,11,13);3-6H2,1-2H3,(H,7,8)/t7-;/m1./s1. The molecule has 1 aliphatic heterocycles. The smallest absolute Gasteiger partial charge is 0.355 e. The van der Waals surface area contributed by atoms with E-state index in [4.69, 9.17) is 4.89 Å². The molecule has 1 saturated heterocycles. The average molecular weight is 365 g/mol. The summed E-state index contributed by atoms with van der Waals surface area (Å²) in [5.41, 5.74) is -0.738. The van der Waals surface area contributed by atoms with E-state index in [1.165, 1.54) is 0 Å². The molecule has 2 atom stereocenters. The Morgan fingerprint density at radius 3 is 2.21 bits per heavy atom. The average Bonchev–Trinajstić information content (AvgIpc) is 2.53. The van der Waals surface area contributed by atoms with Gasteiger partial charge in [0, 0.05) is 12.5 Å². The van der Waals surface area contributed by atoms with E-state index in [9.17, 15) is 14.2 Å². The van der Waals surface area contributed by atoms with E-state index in [1.807, 2.05) is 27.7 Å². The molecule has 0 bridgehead atoms. The fourth-order valence-electron chi connectivity index (χ4n) is 2.54. The summed E-state index contributed by atoms with van der Waals surface area (Å²) in [5.74, 6) is -0.000509. The Balaban J connectivity index is 0.000000449. The summed E-state index contributed by atoms with van der Waals surface area (Å²) in [7, 11) is -3.72. The molecule has 1 aliphatic rings. The summed E-state index contributed by atoms with van der Waals surface area (Å²) in [6.45, 7) is 10.3. The SMILES string of the molecule is CCC1(CC)C(=O)NC[C@@H](C)C1=O.CCCCOP(=O)(O)OCC. The molecular weight excluding hydrogens is 333 g/mol. The van der Waals surface area contributed by atoms with Gasteiger partial charge in [-0.1, -0.05) is 34.1 Å². The Morgan fingerprint density at radius 1 is 1.21 bits per heavy atom. The molecule has 2 N–H and O–H groups in total. The van der Waals surface area contributed by atoms with Gasteiger partial charge in [-0.2, -0.15) is 0 Å². The minimum Gasteiger partial charge on any atom is -0.355 e. The highest BCUT2D eigenvalue weighted by atomic mass is 31.2. The Bertz CT molecular complexity index is 450. The fourth-order valence-corrected chi connectivity index (χ4v) is 3.30. The van der Waals surface area contributed by atoms with Gasteiger partial charge in [0.25, 0.3) is 0 Å². The minimum absolute atomic E-state index is 0.0300. The van der Waals surface area contributed by atoms with Crippen LogP contribution in [0.4, 0.5) is 0 Å². The van der Waals surface area contributed by atoms with Crippen LogP contribution in [-0.4, -0.2) is 36.3 Å². The van der Waals surface area contributed by atoms with Crippen LogP contribution in [0.5, 0.6) is 0 Å². The van der Waals surface area contributed by atoms with E-state index < -0.39 is 13.2 Å². The lowest BCUT2D eigenvalue weighted by molar-refractivity contribution is -0.148. The van der Waals surface area contributed by atoms with Crippen molar-refractivity contribution < 1.29 is 28.1 Å². The first-order valence-corrected chi connectivity index (χ1v) is 10.1. The Labute approximate surface area is 145 Å². The minimum atomic E-state index is -3.72. The molecule has 7 nitrogen and oxygen atoms in total. The van der Waals surface area contributed by atoms with E-state index >= 15 is 0 Å². The highest BCUT2D eigenvalue weighted by molar-refractivity contribution is 7.47. The number of ketones is 1. The second-order valence-electron chi connectivity index (χ2n) is 5.84. The fraction of sp³-hybridized carbons (Fsp3) is 0.875. The summed E-state index contributed by atoms with van der Waals surface area (Å²) in [5, 5.41) is 2.80. The van der Waals surface area contributed by atoms with Crippen LogP contribution >= 0.6 is 7.82 Å². The first kappa shape index (κ1) is 23.2. The third-order valence-corrected chi connectivity index (χ3v) is 5.27. The normalized spacial score (nSPS) is 22.2. The van der Waals surface area contributed by atoms with E-state index in [2.05, 4.69) is 14.4 Å². The molecule has 1 rings (SSSR count). The van der Waals surface area contributed by atoms with Crippen molar-refractivity contribution in [3.05, 3.63) is 0 Å². The zero-order valence-corrected chi connectivity index (χ0v) is 16.4. The van der Waals surface area contributed by atoms with Crippen LogP contribution < -0.4 is 5.32 Å². The van der Waals surface area contributed by atoms with E-state index in [0.717, 1.165) is 12.8 Å². The van der Waals surface area contributed by atoms with Crippen LogP contribution in [0.25, 0.3) is 0 Å². The van der Waals surface area contributed by atoms with Crippen LogP contribution in [0.1, 0.15) is 60.3 Å². The summed E-state index contributed by atoms with van der Waals surface area (Å²) >= 11 is 0. The third kappa shape index (κ3) is 6.63. The predicted molar refractivity (Wildman–Crippen MR) is 92.5 cm³/mol. The molecule has 1 fully saturated rings. The highest BCUT2D eigenvalue weighted by Gasteiger charge is 2.47. The number of amides is 1. The molecule has 8 heteroatoms. The molecule has 142 valence electrons. The molecular formula is C16H32NO6P. The summed E-state index contributed by atoms with van der Waals surface area (Å²) in [4.78, 5) is 32.3. The van der Waals surface area contributed by atoms with Gasteiger partial charge in [0.2, 0.25) is 5.91 Å². The molecule has 1 unspecified atom stereocenters. The molecule has 1 heterocycles. The second-order valence-corrected chi connectivity index (χ2v) is 7.29. The summed E-state index contributed by atoms with van der Waals surface area (Å²) < 4.78 is 19.9. The van der Waals surface area contributed by atoms with Crippen LogP contribution in [0.2, 0.25) is 0 Å². The summed E-state index contributed by atoms with van der Waals surface area (Å²) in [6.07, 6.45) is 2.93. The lowest BCUT2D eigenvalue weighted by atomic mass is 9.71. The molecule has 0 radical (unpaired) electrons. The van der Waals surface area contributed by atoms with Crippen LogP contribution in [0.15, 0.2) is 0 Å². The number of carbonyl (C=O) groups is 2. The van der Waals surface area contributed by atoms with E-state index in [-0.39, 0.29) is 30.8 Å². The number of unbranched alkanes of at least 4 members (excludes halogenated alkanes) is 1. The van der Waals surface area contributed by atoms with Gasteiger partial charge in [0.05, 0.1) is 13.2 Å². The molecule has 0 aromatic carbocycles. The van der Waals surface area contributed by atoms with Crippen LogP contribution in [-0.2, 0) is 23.2 Å². The maximum Gasteiger partial charge on any atom is 0.472 e. The van der Waals surface area contributed by atoms with Gasteiger partial charge in [0.1, 0.15) is 5.41 Å². The Hall–Kier alpha value is -0.750. The lowest BCUT2D eigenvalue weighted by Gasteiger charge is -2.35. The van der Waals surface area contributed by atoms with Crippen molar-refractivity contribution in [2.24, 2.45) is 11.3 Å². The van der Waals surface area contributed by atoms with Gasteiger partial charge in [-0.25, -0.2) is 4.57 Å². The highest BCUT2D eigenvalue weighted by Crippen LogP contribution is 2.42. The third-order valence-electron chi connectivity index (χ3n) is 4.17. The molecule has 0 saturated carbocycles. The summed E-state index contributed by atoms with van der Waals surface area (Å²) in [6, 6.07) is 0. The van der Waals surface area contributed by atoms with E-state index in [1.54, 1.807) is 6.92 Å². The maximum atomic E-state index is 11.9. The molecule has 0 aromatic heterocycles. The number of Topliss-reactive ketones (excluding diaryl/α,β-unsaturated/α-hetero) is 1. The topological polar surface area (TPSA) is 102 Å². The number of nitrogens with one attached hydrogen (secondary N) is 1. The van der Waals surface area contributed by atoms with Gasteiger partial charge in [-0.3, -0.25) is 18.6 Å². The van der Waals surface area contributed by atoms with Gasteiger partial charge < -0.3 is 10.2 Å². The largest absolute Gasteiger partial charge is 0.472 e. The molecule has 0 aliphatic carbocycles. The first-order valence-electron chi connectivity index (χ1n) is 8.65. The molecule has 0 aromatic rings. The zero-order chi connectivity index (χ0) is 18.8. The van der Waals surface area contributed by atoms with Gasteiger partial charge in [-0.15, -0.1) is 0 Å². The number of carbonyl (C=O) groups excluding carboxylic acids is 2. The van der Waals surface area contributed by atoms with Crippen molar-refractivity contribution >= 4 is 19.5 Å². The lowest BCUT2D eigenvalue weighted by Crippen LogP contribution is -2.55. The van der Waals surface area contributed by atoms with Crippen LogP contribution in [0, 0.1) is 11.3 Å². The number of phosphoric ester groups is 1. The number of hydrogen-bond donors (Lipinski definition) is 2. The first-order chi connectivity index (χ1) is 11.2. The molecule has 1 amide bonds. The Morgan fingerprint density at radius 2 is 1.79 bits per heavy atom. The Kier molecular flexibility index (Phi) is 10.6. The van der Waals surface area contributed by atoms with Crippen molar-refractivity contribution in [2.45, 2.75) is 60.3 Å². The molecule has 0 spiro atoms. The predicted octanol–water partition coefficient (Wildman–Crippen LogP) is 3.07. The van der Waals surface area contributed by atoms with Crippen molar-refractivity contribution in [1.82, 2.24) is 5.32 Å². The van der Waals surface area contributed by atoms with Crippen molar-refractivity contribution in [2.75, 3.05) is 19.8 Å². The van der Waals surface area contributed by atoms with Gasteiger partial charge >= 0.3 is 7.82 Å². The number of hydrogen-bond acceptors (Lipinski definition) is 5. The van der Waals surface area contributed by atoms with Gasteiger partial charge in [-0.05, 0) is 26.2 Å². The monoisotopic (exact) mass is 365 g/mol. The van der Waals surface area contributed by atoms with Crippen molar-refractivity contribution in [1.29, 1.82) is 0 Å². The quantitative estimate of drug-likeness (QED) is 0.389. The van der Waals surface area contributed by atoms with Crippen LogP contribution in [0.3, 0.4) is 0 Å². The maximum absolute atomic E-state index is 11.9. The number of rotatable bonds is 8. The zero-order valence-electron chi connectivity index (χ0n) is 15.5. The van der Waals surface area contributed by atoms with Crippen molar-refractivity contribution in [3.8, 4) is 0 Å². The number of phosphoric acid groups is 1. The van der Waals surface area contributed by atoms with E-state index in [0.29, 0.717) is 19.4 Å². The molecule has 24 heavy (non-hydrogen) atoms. The van der Waals surface area contributed by atoms with Gasteiger partial charge in [0.15, 0.2) is 5.78 Å². The second kappa shape index (κ2) is 11.0. The van der Waals surface area contributed by atoms with Crippen molar-refractivity contribution in [3.63, 3.8) is 0 Å². The number of piperidine rings is 1.